The Labute approximate surface area is 105 Å². The van der Waals surface area contributed by atoms with Crippen molar-refractivity contribution in [2.45, 2.75) is 18.9 Å². The van der Waals surface area contributed by atoms with Crippen molar-refractivity contribution in [3.8, 4) is 6.07 Å². The van der Waals surface area contributed by atoms with Crippen LogP contribution in [0, 0.1) is 11.3 Å². The molecule has 2 aliphatic rings. The van der Waals surface area contributed by atoms with Gasteiger partial charge in [-0.15, -0.1) is 0 Å². The third-order valence-corrected chi connectivity index (χ3v) is 4.61. The molecule has 2 N–H and O–H groups in total. The summed E-state index contributed by atoms with van der Waals surface area (Å²) in [6.07, 6.45) is 2.57. The maximum absolute atomic E-state index is 9.11. The SMILES string of the molecule is N#Cc1c(N)nsc1N1CCN2CCCC2C1. The number of hydrogen-bond donors (Lipinski definition) is 1. The summed E-state index contributed by atoms with van der Waals surface area (Å²) in [7, 11) is 0. The van der Waals surface area contributed by atoms with Gasteiger partial charge in [-0.25, -0.2) is 0 Å². The van der Waals surface area contributed by atoms with Gasteiger partial charge in [-0.1, -0.05) is 0 Å². The second-order valence-electron chi connectivity index (χ2n) is 4.64. The molecule has 6 heteroatoms. The van der Waals surface area contributed by atoms with E-state index in [0.717, 1.165) is 24.6 Å². The van der Waals surface area contributed by atoms with Gasteiger partial charge in [0.2, 0.25) is 0 Å². The van der Waals surface area contributed by atoms with E-state index in [1.165, 1.54) is 30.9 Å². The van der Waals surface area contributed by atoms with Gasteiger partial charge < -0.3 is 10.6 Å². The number of fused-ring (bicyclic) bond motifs is 1. The number of rotatable bonds is 1. The Morgan fingerprint density at radius 1 is 1.41 bits per heavy atom. The molecular formula is C11H15N5S. The highest BCUT2D eigenvalue weighted by Crippen LogP contribution is 2.33. The lowest BCUT2D eigenvalue weighted by atomic mass is 10.1. The molecule has 0 spiro atoms. The van der Waals surface area contributed by atoms with Crippen molar-refractivity contribution in [3.05, 3.63) is 5.56 Å². The maximum Gasteiger partial charge on any atom is 0.157 e. The van der Waals surface area contributed by atoms with Crippen LogP contribution in [0.2, 0.25) is 0 Å². The van der Waals surface area contributed by atoms with Crippen LogP contribution in [0.1, 0.15) is 18.4 Å². The summed E-state index contributed by atoms with van der Waals surface area (Å²) in [5.41, 5.74) is 6.26. The lowest BCUT2D eigenvalue weighted by molar-refractivity contribution is 0.231. The Kier molecular flexibility index (Phi) is 2.65. The van der Waals surface area contributed by atoms with Crippen LogP contribution in [0.4, 0.5) is 10.8 Å². The van der Waals surface area contributed by atoms with Crippen molar-refractivity contribution in [2.75, 3.05) is 36.8 Å². The first-order valence-corrected chi connectivity index (χ1v) is 6.71. The standard InChI is InChI=1S/C11H15N5S/c12-6-9-10(13)14-17-11(9)16-5-4-15-3-1-2-8(15)7-16/h8H,1-5,7H2,(H2,13,14). The van der Waals surface area contributed by atoms with Crippen LogP contribution in [-0.2, 0) is 0 Å². The van der Waals surface area contributed by atoms with E-state index in [9.17, 15) is 0 Å². The van der Waals surface area contributed by atoms with Crippen molar-refractivity contribution in [3.63, 3.8) is 0 Å². The van der Waals surface area contributed by atoms with E-state index in [0.29, 0.717) is 17.4 Å². The molecule has 1 unspecified atom stereocenters. The first-order valence-electron chi connectivity index (χ1n) is 5.94. The second kappa shape index (κ2) is 4.17. The Balaban J connectivity index is 1.83. The fourth-order valence-electron chi connectivity index (χ4n) is 2.79. The van der Waals surface area contributed by atoms with Crippen LogP contribution >= 0.6 is 11.5 Å². The highest BCUT2D eigenvalue weighted by atomic mass is 32.1. The van der Waals surface area contributed by atoms with E-state index >= 15 is 0 Å². The minimum absolute atomic E-state index is 0.376. The zero-order valence-electron chi connectivity index (χ0n) is 9.59. The molecule has 1 aromatic rings. The molecule has 2 fully saturated rings. The van der Waals surface area contributed by atoms with Crippen LogP contribution in [0.15, 0.2) is 0 Å². The van der Waals surface area contributed by atoms with Gasteiger partial charge in [-0.3, -0.25) is 4.90 Å². The molecule has 5 nitrogen and oxygen atoms in total. The van der Waals surface area contributed by atoms with Gasteiger partial charge in [0.25, 0.3) is 0 Å². The fraction of sp³-hybridized carbons (Fsp3) is 0.636. The summed E-state index contributed by atoms with van der Waals surface area (Å²) >= 11 is 1.35. The smallest absolute Gasteiger partial charge is 0.157 e. The molecule has 0 bridgehead atoms. The van der Waals surface area contributed by atoms with E-state index in [1.807, 2.05) is 0 Å². The topological polar surface area (TPSA) is 69.2 Å². The van der Waals surface area contributed by atoms with E-state index in [4.69, 9.17) is 11.0 Å². The molecule has 1 aromatic heterocycles. The third kappa shape index (κ3) is 1.75. The number of nitrogen functional groups attached to an aromatic ring is 1. The van der Waals surface area contributed by atoms with Crippen molar-refractivity contribution < 1.29 is 0 Å². The monoisotopic (exact) mass is 249 g/mol. The molecule has 1 atom stereocenters. The first kappa shape index (κ1) is 10.8. The van der Waals surface area contributed by atoms with E-state index in [1.54, 1.807) is 0 Å². The van der Waals surface area contributed by atoms with Crippen molar-refractivity contribution in [1.82, 2.24) is 9.27 Å². The lowest BCUT2D eigenvalue weighted by Crippen LogP contribution is -2.50. The second-order valence-corrected chi connectivity index (χ2v) is 5.39. The minimum Gasteiger partial charge on any atom is -0.382 e. The van der Waals surface area contributed by atoms with E-state index < -0.39 is 0 Å². The van der Waals surface area contributed by atoms with Crippen LogP contribution in [0.25, 0.3) is 0 Å². The Morgan fingerprint density at radius 3 is 3.12 bits per heavy atom. The van der Waals surface area contributed by atoms with Crippen molar-refractivity contribution >= 4 is 22.4 Å². The van der Waals surface area contributed by atoms with Crippen LogP contribution in [-0.4, -0.2) is 41.5 Å². The maximum atomic E-state index is 9.11. The van der Waals surface area contributed by atoms with Gasteiger partial charge in [-0.05, 0) is 30.9 Å². The summed E-state index contributed by atoms with van der Waals surface area (Å²) in [6.45, 7) is 4.31. The molecule has 0 amide bonds. The third-order valence-electron chi connectivity index (χ3n) is 3.69. The lowest BCUT2D eigenvalue weighted by Gasteiger charge is -2.37. The molecule has 3 rings (SSSR count). The summed E-state index contributed by atoms with van der Waals surface area (Å²) < 4.78 is 4.09. The van der Waals surface area contributed by atoms with Gasteiger partial charge >= 0.3 is 0 Å². The average Bonchev–Trinajstić information content (AvgIpc) is 2.93. The van der Waals surface area contributed by atoms with Gasteiger partial charge in [0.1, 0.15) is 16.6 Å². The molecule has 0 aromatic carbocycles. The highest BCUT2D eigenvalue weighted by Gasteiger charge is 2.32. The van der Waals surface area contributed by atoms with Gasteiger partial charge in [-0.2, -0.15) is 9.64 Å². The summed E-state index contributed by atoms with van der Waals surface area (Å²) in [5, 5.41) is 10.1. The van der Waals surface area contributed by atoms with Crippen LogP contribution in [0.5, 0.6) is 0 Å². The molecule has 17 heavy (non-hydrogen) atoms. The Hall–Kier alpha value is -1.32. The van der Waals surface area contributed by atoms with E-state index in [2.05, 4.69) is 20.2 Å². The zero-order chi connectivity index (χ0) is 11.8. The number of nitrogens with zero attached hydrogens (tertiary/aromatic N) is 4. The number of aromatic nitrogens is 1. The van der Waals surface area contributed by atoms with Crippen LogP contribution < -0.4 is 10.6 Å². The van der Waals surface area contributed by atoms with E-state index in [-0.39, 0.29) is 0 Å². The number of hydrogen-bond acceptors (Lipinski definition) is 6. The first-order chi connectivity index (χ1) is 8.29. The number of piperazine rings is 1. The molecule has 0 radical (unpaired) electrons. The minimum atomic E-state index is 0.376. The Bertz CT molecular complexity index is 463. The zero-order valence-corrected chi connectivity index (χ0v) is 10.4. The van der Waals surface area contributed by atoms with Gasteiger partial charge in [0, 0.05) is 25.7 Å². The van der Waals surface area contributed by atoms with Crippen LogP contribution in [0.3, 0.4) is 0 Å². The normalized spacial score (nSPS) is 24.6. The van der Waals surface area contributed by atoms with Gasteiger partial charge in [0.15, 0.2) is 5.82 Å². The molecule has 0 saturated carbocycles. The predicted molar refractivity (Wildman–Crippen MR) is 68.0 cm³/mol. The summed E-state index contributed by atoms with van der Waals surface area (Å²) in [6, 6.07) is 2.82. The highest BCUT2D eigenvalue weighted by molar-refractivity contribution is 7.10. The summed E-state index contributed by atoms with van der Waals surface area (Å²) in [5.74, 6) is 0.376. The predicted octanol–water partition coefficient (Wildman–Crippen LogP) is 0.881. The van der Waals surface area contributed by atoms with Gasteiger partial charge in [0.05, 0.1) is 0 Å². The van der Waals surface area contributed by atoms with Crippen molar-refractivity contribution in [2.24, 2.45) is 0 Å². The average molecular weight is 249 g/mol. The summed E-state index contributed by atoms with van der Waals surface area (Å²) in [4.78, 5) is 4.83. The largest absolute Gasteiger partial charge is 0.382 e. The van der Waals surface area contributed by atoms with Crippen molar-refractivity contribution in [1.29, 1.82) is 5.26 Å². The molecule has 2 aliphatic heterocycles. The fourth-order valence-corrected chi connectivity index (χ4v) is 3.59. The molecule has 90 valence electrons. The quantitative estimate of drug-likeness (QED) is 0.800. The molecule has 2 saturated heterocycles. The number of anilines is 2. The Morgan fingerprint density at radius 2 is 2.29 bits per heavy atom. The molecular weight excluding hydrogens is 234 g/mol. The molecule has 3 heterocycles. The number of nitriles is 1. The molecule has 0 aliphatic carbocycles. The number of nitrogens with two attached hydrogens (primary N) is 1.